The van der Waals surface area contributed by atoms with Crippen molar-refractivity contribution >= 4 is 22.1 Å². The maximum atomic E-state index is 12.5. The molecule has 0 fully saturated rings. The number of nitrogens with zero attached hydrogens (tertiary/aromatic N) is 1. The van der Waals surface area contributed by atoms with Gasteiger partial charge in [0.15, 0.2) is 10.2 Å². The molecule has 7 heteroatoms. The minimum atomic E-state index is -2.34. The van der Waals surface area contributed by atoms with E-state index < -0.39 is 29.1 Å². The van der Waals surface area contributed by atoms with Crippen molar-refractivity contribution in [2.75, 3.05) is 5.75 Å². The molecule has 1 aromatic rings. The maximum Gasteiger partial charge on any atom is 0.301 e. The Morgan fingerprint density at radius 1 is 1.50 bits per heavy atom. The summed E-state index contributed by atoms with van der Waals surface area (Å²) in [5.74, 6) is -1.67. The highest BCUT2D eigenvalue weighted by atomic mass is 32.2. The van der Waals surface area contributed by atoms with Crippen LogP contribution in [-0.4, -0.2) is 14.9 Å². The van der Waals surface area contributed by atoms with Crippen molar-refractivity contribution in [2.24, 2.45) is 0 Å². The van der Waals surface area contributed by atoms with Crippen molar-refractivity contribution in [1.82, 2.24) is 4.98 Å². The Labute approximate surface area is 97.7 Å². The number of aryl methyl sites for hydroxylation is 1. The second-order valence-electron chi connectivity index (χ2n) is 2.91. The molecule has 1 rings (SSSR count). The van der Waals surface area contributed by atoms with Crippen LogP contribution in [0.25, 0.3) is 0 Å². The zero-order valence-electron chi connectivity index (χ0n) is 8.50. The van der Waals surface area contributed by atoms with Crippen LogP contribution >= 0.6 is 11.3 Å². The molecule has 0 bridgehead atoms. The first-order chi connectivity index (χ1) is 7.54. The van der Waals surface area contributed by atoms with Crippen LogP contribution in [-0.2, 0) is 17.2 Å². The summed E-state index contributed by atoms with van der Waals surface area (Å²) in [6.07, 6.45) is -0.483. The summed E-state index contributed by atoms with van der Waals surface area (Å²) in [5.41, 5.74) is 0. The number of aromatic nitrogens is 1. The van der Waals surface area contributed by atoms with Crippen LogP contribution < -0.4 is 0 Å². The molecular weight excluding hydrogens is 259 g/mol. The Balaban J connectivity index is 2.56. The molecular formula is C9H10F3NOS2. The zero-order valence-corrected chi connectivity index (χ0v) is 10.1. The van der Waals surface area contributed by atoms with Crippen molar-refractivity contribution in [1.29, 1.82) is 0 Å². The van der Waals surface area contributed by atoms with Gasteiger partial charge in [-0.1, -0.05) is 6.92 Å². The highest BCUT2D eigenvalue weighted by molar-refractivity contribution is 7.87. The van der Waals surface area contributed by atoms with Crippen LogP contribution in [0.3, 0.4) is 0 Å². The SMILES string of the molecule is CCc1cnc(S(=O)CCC(F)=C(F)F)s1. The molecule has 16 heavy (non-hydrogen) atoms. The molecule has 0 N–H and O–H groups in total. The first kappa shape index (κ1) is 13.4. The monoisotopic (exact) mass is 269 g/mol. The summed E-state index contributed by atoms with van der Waals surface area (Å²) in [6, 6.07) is 0. The first-order valence-electron chi connectivity index (χ1n) is 4.57. The largest absolute Gasteiger partial charge is 0.301 e. The second-order valence-corrected chi connectivity index (χ2v) is 5.77. The summed E-state index contributed by atoms with van der Waals surface area (Å²) in [7, 11) is -1.50. The molecule has 0 aliphatic carbocycles. The summed E-state index contributed by atoms with van der Waals surface area (Å²) in [5, 5.41) is 0. The van der Waals surface area contributed by atoms with Crippen molar-refractivity contribution in [3.05, 3.63) is 23.0 Å². The predicted molar refractivity (Wildman–Crippen MR) is 57.7 cm³/mol. The van der Waals surface area contributed by atoms with E-state index >= 15 is 0 Å². The molecule has 0 radical (unpaired) electrons. The lowest BCUT2D eigenvalue weighted by molar-refractivity contribution is 0.373. The molecule has 90 valence electrons. The van der Waals surface area contributed by atoms with E-state index in [4.69, 9.17) is 0 Å². The number of halogens is 3. The van der Waals surface area contributed by atoms with Gasteiger partial charge in [0.2, 0.25) is 0 Å². The summed E-state index contributed by atoms with van der Waals surface area (Å²) >= 11 is 1.26. The maximum absolute atomic E-state index is 12.5. The van der Waals surface area contributed by atoms with Crippen molar-refractivity contribution in [3.8, 4) is 0 Å². The molecule has 0 amide bonds. The topological polar surface area (TPSA) is 30.0 Å². The van der Waals surface area contributed by atoms with Gasteiger partial charge < -0.3 is 0 Å². The van der Waals surface area contributed by atoms with Crippen LogP contribution in [0.1, 0.15) is 18.2 Å². The number of hydrogen-bond donors (Lipinski definition) is 0. The van der Waals surface area contributed by atoms with Crippen LogP contribution in [0.2, 0.25) is 0 Å². The van der Waals surface area contributed by atoms with Crippen LogP contribution in [0, 0.1) is 0 Å². The Hall–Kier alpha value is -0.690. The first-order valence-corrected chi connectivity index (χ1v) is 6.70. The molecule has 0 aliphatic heterocycles. The number of rotatable bonds is 5. The molecule has 0 aliphatic rings. The van der Waals surface area contributed by atoms with Gasteiger partial charge in [-0.05, 0) is 6.42 Å². The van der Waals surface area contributed by atoms with Crippen LogP contribution in [0.15, 0.2) is 22.4 Å². The van der Waals surface area contributed by atoms with Gasteiger partial charge in [0.05, 0.1) is 10.8 Å². The van der Waals surface area contributed by atoms with Gasteiger partial charge in [0.1, 0.15) is 0 Å². The molecule has 1 aromatic heterocycles. The molecule has 0 spiro atoms. The van der Waals surface area contributed by atoms with E-state index in [2.05, 4.69) is 4.98 Å². The van der Waals surface area contributed by atoms with E-state index in [1.54, 1.807) is 6.20 Å². The van der Waals surface area contributed by atoms with Gasteiger partial charge in [0, 0.05) is 23.2 Å². The van der Waals surface area contributed by atoms with E-state index in [0.29, 0.717) is 4.34 Å². The molecule has 0 aromatic carbocycles. The fourth-order valence-corrected chi connectivity index (χ4v) is 3.15. The third-order valence-corrected chi connectivity index (χ3v) is 4.60. The Morgan fingerprint density at radius 2 is 2.19 bits per heavy atom. The Morgan fingerprint density at radius 3 is 2.69 bits per heavy atom. The smallest absolute Gasteiger partial charge is 0.252 e. The van der Waals surface area contributed by atoms with Gasteiger partial charge in [-0.3, -0.25) is 4.21 Å². The highest BCUT2D eigenvalue weighted by Gasteiger charge is 2.12. The van der Waals surface area contributed by atoms with Crippen molar-refractivity contribution in [3.63, 3.8) is 0 Å². The average molecular weight is 269 g/mol. The molecule has 1 heterocycles. The van der Waals surface area contributed by atoms with Gasteiger partial charge in [0.25, 0.3) is 0 Å². The van der Waals surface area contributed by atoms with Crippen molar-refractivity contribution in [2.45, 2.75) is 24.1 Å². The highest BCUT2D eigenvalue weighted by Crippen LogP contribution is 2.20. The van der Waals surface area contributed by atoms with Gasteiger partial charge in [-0.15, -0.1) is 11.3 Å². The van der Waals surface area contributed by atoms with E-state index in [0.717, 1.165) is 11.3 Å². The average Bonchev–Trinajstić information content (AvgIpc) is 2.73. The van der Waals surface area contributed by atoms with Gasteiger partial charge in [-0.25, -0.2) is 9.37 Å². The van der Waals surface area contributed by atoms with E-state index in [9.17, 15) is 17.4 Å². The molecule has 0 saturated heterocycles. The van der Waals surface area contributed by atoms with E-state index in [-0.39, 0.29) is 5.75 Å². The predicted octanol–water partition coefficient (Wildman–Crippen LogP) is 3.28. The quantitative estimate of drug-likeness (QED) is 0.821. The third kappa shape index (κ3) is 3.71. The van der Waals surface area contributed by atoms with Gasteiger partial charge in [-0.2, -0.15) is 8.78 Å². The third-order valence-electron chi connectivity index (χ3n) is 1.79. The zero-order chi connectivity index (χ0) is 12.1. The van der Waals surface area contributed by atoms with Crippen molar-refractivity contribution < 1.29 is 17.4 Å². The lowest BCUT2D eigenvalue weighted by Gasteiger charge is -1.96. The molecule has 1 unspecified atom stereocenters. The molecule has 1 atom stereocenters. The molecule has 0 saturated carbocycles. The summed E-state index contributed by atoms with van der Waals surface area (Å²) in [4.78, 5) is 4.87. The Kier molecular flexibility index (Phi) is 5.14. The second kappa shape index (κ2) is 6.15. The number of thiazole rings is 1. The minimum Gasteiger partial charge on any atom is -0.252 e. The molecule has 2 nitrogen and oxygen atoms in total. The normalized spacial score (nSPS) is 12.5. The number of allylic oxidation sites excluding steroid dienone is 1. The lowest BCUT2D eigenvalue weighted by Crippen LogP contribution is -1.98. The summed E-state index contributed by atoms with van der Waals surface area (Å²) < 4.78 is 47.8. The van der Waals surface area contributed by atoms with Crippen LogP contribution in [0.5, 0.6) is 0 Å². The summed E-state index contributed by atoms with van der Waals surface area (Å²) in [6.45, 7) is 1.93. The lowest BCUT2D eigenvalue weighted by atomic mass is 10.4. The Bertz CT molecular complexity index is 413. The van der Waals surface area contributed by atoms with Gasteiger partial charge >= 0.3 is 6.08 Å². The fraction of sp³-hybridized carbons (Fsp3) is 0.444. The standard InChI is InChI=1S/C9H10F3NOS2/c1-2-6-5-13-9(15-6)16(14)4-3-7(10)8(11)12/h5H,2-4H2,1H3. The fourth-order valence-electron chi connectivity index (χ4n) is 0.922. The number of hydrogen-bond acceptors (Lipinski definition) is 3. The van der Waals surface area contributed by atoms with E-state index in [1.165, 1.54) is 11.3 Å². The minimum absolute atomic E-state index is 0.167. The van der Waals surface area contributed by atoms with E-state index in [1.807, 2.05) is 6.92 Å². The van der Waals surface area contributed by atoms with Crippen LogP contribution in [0.4, 0.5) is 13.2 Å².